The molecule has 3 rings (SSSR count). The second-order valence-corrected chi connectivity index (χ2v) is 4.95. The number of rotatable bonds is 4. The van der Waals surface area contributed by atoms with Crippen LogP contribution in [-0.2, 0) is 6.42 Å². The maximum Gasteiger partial charge on any atom is 0.0749 e. The van der Waals surface area contributed by atoms with Gasteiger partial charge in [-0.15, -0.1) is 0 Å². The SMILES string of the molecule is CNC(Cc1ccccc1)c1cccc2cccnc12. The maximum atomic E-state index is 4.55. The number of para-hydroxylation sites is 1. The summed E-state index contributed by atoms with van der Waals surface area (Å²) in [6, 6.07) is 21.3. The van der Waals surface area contributed by atoms with Crippen molar-refractivity contribution in [2.75, 3.05) is 7.05 Å². The number of hydrogen-bond acceptors (Lipinski definition) is 2. The first-order valence-electron chi connectivity index (χ1n) is 6.93. The fourth-order valence-corrected chi connectivity index (χ4v) is 2.63. The van der Waals surface area contributed by atoms with E-state index in [0.717, 1.165) is 11.9 Å². The van der Waals surface area contributed by atoms with Crippen molar-refractivity contribution in [3.8, 4) is 0 Å². The molecule has 0 aliphatic carbocycles. The number of hydrogen-bond donors (Lipinski definition) is 1. The maximum absolute atomic E-state index is 4.55. The van der Waals surface area contributed by atoms with Crippen molar-refractivity contribution in [2.24, 2.45) is 0 Å². The number of benzene rings is 2. The predicted octanol–water partition coefficient (Wildman–Crippen LogP) is 3.74. The van der Waals surface area contributed by atoms with Gasteiger partial charge in [0.1, 0.15) is 0 Å². The Morgan fingerprint density at radius 1 is 0.950 bits per heavy atom. The minimum Gasteiger partial charge on any atom is -0.313 e. The monoisotopic (exact) mass is 262 g/mol. The quantitative estimate of drug-likeness (QED) is 0.774. The van der Waals surface area contributed by atoms with Gasteiger partial charge in [-0.3, -0.25) is 4.98 Å². The minimum absolute atomic E-state index is 0.274. The molecule has 1 unspecified atom stereocenters. The van der Waals surface area contributed by atoms with Gasteiger partial charge in [0, 0.05) is 17.6 Å². The molecule has 0 spiro atoms. The lowest BCUT2D eigenvalue weighted by Crippen LogP contribution is -2.19. The van der Waals surface area contributed by atoms with Crippen molar-refractivity contribution in [3.63, 3.8) is 0 Å². The zero-order valence-electron chi connectivity index (χ0n) is 11.6. The van der Waals surface area contributed by atoms with Crippen LogP contribution in [0.5, 0.6) is 0 Å². The summed E-state index contributed by atoms with van der Waals surface area (Å²) >= 11 is 0. The summed E-state index contributed by atoms with van der Waals surface area (Å²) in [6.07, 6.45) is 2.83. The Morgan fingerprint density at radius 3 is 2.55 bits per heavy atom. The van der Waals surface area contributed by atoms with Crippen LogP contribution in [0.25, 0.3) is 10.9 Å². The Morgan fingerprint density at radius 2 is 1.75 bits per heavy atom. The van der Waals surface area contributed by atoms with Crippen LogP contribution >= 0.6 is 0 Å². The van der Waals surface area contributed by atoms with Crippen LogP contribution in [-0.4, -0.2) is 12.0 Å². The van der Waals surface area contributed by atoms with Crippen LogP contribution in [0, 0.1) is 0 Å². The molecule has 0 bridgehead atoms. The number of nitrogens with zero attached hydrogens (tertiary/aromatic N) is 1. The zero-order valence-corrected chi connectivity index (χ0v) is 11.6. The molecule has 0 aliphatic heterocycles. The van der Waals surface area contributed by atoms with Gasteiger partial charge < -0.3 is 5.32 Å². The molecule has 1 aromatic heterocycles. The van der Waals surface area contributed by atoms with E-state index in [1.807, 2.05) is 19.3 Å². The van der Waals surface area contributed by atoms with Gasteiger partial charge in [-0.25, -0.2) is 0 Å². The fraction of sp³-hybridized carbons (Fsp3) is 0.167. The third-order valence-corrected chi connectivity index (χ3v) is 3.67. The van der Waals surface area contributed by atoms with Crippen molar-refractivity contribution >= 4 is 10.9 Å². The molecule has 2 heteroatoms. The number of fused-ring (bicyclic) bond motifs is 1. The van der Waals surface area contributed by atoms with E-state index in [1.54, 1.807) is 0 Å². The van der Waals surface area contributed by atoms with Crippen LogP contribution in [0.1, 0.15) is 17.2 Å². The zero-order chi connectivity index (χ0) is 13.8. The van der Waals surface area contributed by atoms with E-state index < -0.39 is 0 Å². The second-order valence-electron chi connectivity index (χ2n) is 4.95. The Labute approximate surface area is 119 Å². The van der Waals surface area contributed by atoms with Crippen LogP contribution in [0.2, 0.25) is 0 Å². The van der Waals surface area contributed by atoms with Crippen LogP contribution in [0.4, 0.5) is 0 Å². The molecule has 0 fully saturated rings. The van der Waals surface area contributed by atoms with Crippen molar-refractivity contribution in [2.45, 2.75) is 12.5 Å². The normalized spacial score (nSPS) is 12.4. The van der Waals surface area contributed by atoms with Crippen LogP contribution < -0.4 is 5.32 Å². The first-order valence-corrected chi connectivity index (χ1v) is 6.93. The molecule has 3 aromatic rings. The van der Waals surface area contributed by atoms with Gasteiger partial charge >= 0.3 is 0 Å². The molecule has 0 aliphatic rings. The average molecular weight is 262 g/mol. The highest BCUT2D eigenvalue weighted by atomic mass is 14.9. The highest BCUT2D eigenvalue weighted by Gasteiger charge is 2.13. The molecule has 0 saturated carbocycles. The number of aromatic nitrogens is 1. The fourth-order valence-electron chi connectivity index (χ4n) is 2.63. The van der Waals surface area contributed by atoms with E-state index >= 15 is 0 Å². The van der Waals surface area contributed by atoms with Crippen molar-refractivity contribution in [1.29, 1.82) is 0 Å². The Kier molecular flexibility index (Phi) is 3.75. The molecular formula is C18H18N2. The molecule has 0 saturated heterocycles. The molecule has 0 radical (unpaired) electrons. The minimum atomic E-state index is 0.274. The molecule has 0 amide bonds. The summed E-state index contributed by atoms with van der Waals surface area (Å²) in [4.78, 5) is 4.55. The molecule has 100 valence electrons. The number of pyridine rings is 1. The van der Waals surface area contributed by atoms with Gasteiger partial charge in [-0.05, 0) is 30.7 Å². The summed E-state index contributed by atoms with van der Waals surface area (Å²) in [6.45, 7) is 0. The third-order valence-electron chi connectivity index (χ3n) is 3.67. The standard InChI is InChI=1S/C18H18N2/c1-19-17(13-14-7-3-2-4-8-14)16-11-5-9-15-10-6-12-20-18(15)16/h2-12,17,19H,13H2,1H3. The predicted molar refractivity (Wildman–Crippen MR) is 83.7 cm³/mol. The summed E-state index contributed by atoms with van der Waals surface area (Å²) in [7, 11) is 2.01. The van der Waals surface area contributed by atoms with E-state index in [9.17, 15) is 0 Å². The Balaban J connectivity index is 1.99. The van der Waals surface area contributed by atoms with Crippen LogP contribution in [0.15, 0.2) is 66.9 Å². The number of nitrogens with one attached hydrogen (secondary N) is 1. The molecular weight excluding hydrogens is 244 g/mol. The van der Waals surface area contributed by atoms with Gasteiger partial charge in [-0.2, -0.15) is 0 Å². The van der Waals surface area contributed by atoms with Gasteiger partial charge in [0.15, 0.2) is 0 Å². The smallest absolute Gasteiger partial charge is 0.0749 e. The Bertz CT molecular complexity index is 687. The highest BCUT2D eigenvalue weighted by Crippen LogP contribution is 2.24. The van der Waals surface area contributed by atoms with Gasteiger partial charge in [0.25, 0.3) is 0 Å². The molecule has 2 nitrogen and oxygen atoms in total. The molecule has 2 aromatic carbocycles. The van der Waals surface area contributed by atoms with Crippen molar-refractivity contribution in [1.82, 2.24) is 10.3 Å². The van der Waals surface area contributed by atoms with Crippen molar-refractivity contribution < 1.29 is 0 Å². The molecule has 20 heavy (non-hydrogen) atoms. The van der Waals surface area contributed by atoms with E-state index in [0.29, 0.717) is 0 Å². The van der Waals surface area contributed by atoms with Gasteiger partial charge in [0.2, 0.25) is 0 Å². The Hall–Kier alpha value is -2.19. The largest absolute Gasteiger partial charge is 0.313 e. The topological polar surface area (TPSA) is 24.9 Å². The van der Waals surface area contributed by atoms with E-state index in [2.05, 4.69) is 64.9 Å². The first-order chi connectivity index (χ1) is 9.88. The van der Waals surface area contributed by atoms with Gasteiger partial charge in [-0.1, -0.05) is 54.6 Å². The van der Waals surface area contributed by atoms with E-state index in [-0.39, 0.29) is 6.04 Å². The third kappa shape index (κ3) is 2.56. The molecule has 1 heterocycles. The highest BCUT2D eigenvalue weighted by molar-refractivity contribution is 5.82. The average Bonchev–Trinajstić information content (AvgIpc) is 2.53. The van der Waals surface area contributed by atoms with Crippen molar-refractivity contribution in [3.05, 3.63) is 78.0 Å². The van der Waals surface area contributed by atoms with Gasteiger partial charge in [0.05, 0.1) is 5.52 Å². The summed E-state index contributed by atoms with van der Waals surface area (Å²) in [5, 5.41) is 4.61. The lowest BCUT2D eigenvalue weighted by atomic mass is 9.97. The molecule has 1 N–H and O–H groups in total. The lowest BCUT2D eigenvalue weighted by molar-refractivity contribution is 0.595. The molecule has 1 atom stereocenters. The summed E-state index contributed by atoms with van der Waals surface area (Å²) in [5.41, 5.74) is 3.68. The van der Waals surface area contributed by atoms with E-state index in [1.165, 1.54) is 16.5 Å². The second kappa shape index (κ2) is 5.85. The summed E-state index contributed by atoms with van der Waals surface area (Å²) < 4.78 is 0. The number of likely N-dealkylation sites (N-methyl/N-ethyl adjacent to an activating group) is 1. The van der Waals surface area contributed by atoms with Crippen LogP contribution in [0.3, 0.4) is 0 Å². The lowest BCUT2D eigenvalue weighted by Gasteiger charge is -2.18. The first kappa shape index (κ1) is 12.8. The van der Waals surface area contributed by atoms with E-state index in [4.69, 9.17) is 0 Å². The summed E-state index contributed by atoms with van der Waals surface area (Å²) in [5.74, 6) is 0.